The molecule has 4 nitrogen and oxygen atoms in total. The predicted molar refractivity (Wildman–Crippen MR) is 90.1 cm³/mol. The Morgan fingerprint density at radius 1 is 1.36 bits per heavy atom. The number of amides is 1. The minimum absolute atomic E-state index is 0.143. The van der Waals surface area contributed by atoms with E-state index < -0.39 is 0 Å². The molecule has 2 N–H and O–H groups in total. The molecule has 1 saturated heterocycles. The average Bonchev–Trinajstić information content (AvgIpc) is 3.19. The molecule has 0 saturated carbocycles. The summed E-state index contributed by atoms with van der Waals surface area (Å²) in [6, 6.07) is 8.25. The normalized spacial score (nSPS) is 17.6. The van der Waals surface area contributed by atoms with Crippen LogP contribution in [0.1, 0.15) is 35.1 Å². The van der Waals surface area contributed by atoms with Crippen molar-refractivity contribution in [3.05, 3.63) is 46.4 Å². The van der Waals surface area contributed by atoms with Gasteiger partial charge in [-0.15, -0.1) is 11.3 Å². The summed E-state index contributed by atoms with van der Waals surface area (Å²) in [5, 5.41) is 2.07. The van der Waals surface area contributed by atoms with Gasteiger partial charge in [0.05, 0.1) is 6.54 Å². The van der Waals surface area contributed by atoms with E-state index in [1.54, 1.807) is 11.3 Å². The fourth-order valence-corrected chi connectivity index (χ4v) is 3.81. The third-order valence-electron chi connectivity index (χ3n) is 4.53. The first-order valence-corrected chi connectivity index (χ1v) is 8.75. The summed E-state index contributed by atoms with van der Waals surface area (Å²) in [5.41, 5.74) is 6.76. The second-order valence-electron chi connectivity index (χ2n) is 6.09. The van der Waals surface area contributed by atoms with Gasteiger partial charge >= 0.3 is 0 Å². The summed E-state index contributed by atoms with van der Waals surface area (Å²) in [6.45, 7) is 4.46. The van der Waals surface area contributed by atoms with Crippen LogP contribution in [0.5, 0.6) is 0 Å². The van der Waals surface area contributed by atoms with Crippen LogP contribution in [0.15, 0.2) is 35.8 Å². The first kappa shape index (κ1) is 15.3. The molecule has 2 aromatic heterocycles. The Kier molecular flexibility index (Phi) is 4.64. The van der Waals surface area contributed by atoms with Gasteiger partial charge in [-0.25, -0.2) is 0 Å². The number of likely N-dealkylation sites (tertiary alicyclic amines) is 1. The van der Waals surface area contributed by atoms with Crippen LogP contribution in [0.2, 0.25) is 0 Å². The average molecular weight is 317 g/mol. The number of piperidine rings is 1. The van der Waals surface area contributed by atoms with Crippen LogP contribution < -0.4 is 5.73 Å². The SMILES string of the molecule is CC(N)C1CCN(C(=O)c2cccn2Cc2cccs2)CC1. The van der Waals surface area contributed by atoms with Gasteiger partial charge in [0.15, 0.2) is 0 Å². The zero-order valence-corrected chi connectivity index (χ0v) is 13.8. The van der Waals surface area contributed by atoms with Gasteiger partial charge < -0.3 is 15.2 Å². The molecule has 1 atom stereocenters. The Hall–Kier alpha value is -1.59. The summed E-state index contributed by atoms with van der Waals surface area (Å²) >= 11 is 1.72. The highest BCUT2D eigenvalue weighted by molar-refractivity contribution is 7.09. The molecule has 118 valence electrons. The van der Waals surface area contributed by atoms with Gasteiger partial charge in [0.25, 0.3) is 5.91 Å². The largest absolute Gasteiger partial charge is 0.338 e. The van der Waals surface area contributed by atoms with Crippen LogP contribution in [-0.2, 0) is 6.54 Å². The maximum Gasteiger partial charge on any atom is 0.270 e. The summed E-state index contributed by atoms with van der Waals surface area (Å²) in [6.07, 6.45) is 4.01. The topological polar surface area (TPSA) is 51.3 Å². The number of hydrogen-bond acceptors (Lipinski definition) is 3. The molecule has 0 aromatic carbocycles. The molecular formula is C17H23N3OS. The molecule has 3 rings (SSSR count). The lowest BCUT2D eigenvalue weighted by molar-refractivity contribution is 0.0670. The summed E-state index contributed by atoms with van der Waals surface area (Å²) in [7, 11) is 0. The third-order valence-corrected chi connectivity index (χ3v) is 5.39. The van der Waals surface area contributed by atoms with Crippen molar-refractivity contribution in [1.29, 1.82) is 0 Å². The highest BCUT2D eigenvalue weighted by Crippen LogP contribution is 2.22. The molecule has 2 aromatic rings. The Balaban J connectivity index is 1.67. The molecule has 1 unspecified atom stereocenters. The van der Waals surface area contributed by atoms with Gasteiger partial charge in [0.1, 0.15) is 5.69 Å². The number of rotatable bonds is 4. The van der Waals surface area contributed by atoms with E-state index in [1.807, 2.05) is 33.9 Å². The van der Waals surface area contributed by atoms with E-state index >= 15 is 0 Å². The van der Waals surface area contributed by atoms with Crippen molar-refractivity contribution < 1.29 is 4.79 Å². The van der Waals surface area contributed by atoms with Gasteiger partial charge in [0, 0.05) is 30.2 Å². The van der Waals surface area contributed by atoms with Crippen molar-refractivity contribution in [2.24, 2.45) is 11.7 Å². The quantitative estimate of drug-likeness (QED) is 0.943. The maximum absolute atomic E-state index is 12.8. The van der Waals surface area contributed by atoms with E-state index in [1.165, 1.54) is 4.88 Å². The second-order valence-corrected chi connectivity index (χ2v) is 7.12. The fourth-order valence-electron chi connectivity index (χ4n) is 3.11. The first-order valence-electron chi connectivity index (χ1n) is 7.87. The maximum atomic E-state index is 12.8. The van der Waals surface area contributed by atoms with E-state index in [4.69, 9.17) is 5.73 Å². The Labute approximate surface area is 135 Å². The molecule has 1 amide bonds. The van der Waals surface area contributed by atoms with Gasteiger partial charge in [-0.3, -0.25) is 4.79 Å². The number of thiophene rings is 1. The van der Waals surface area contributed by atoms with E-state index in [2.05, 4.69) is 18.4 Å². The van der Waals surface area contributed by atoms with E-state index in [0.717, 1.165) is 38.2 Å². The van der Waals surface area contributed by atoms with Crippen LogP contribution in [0, 0.1) is 5.92 Å². The lowest BCUT2D eigenvalue weighted by atomic mass is 9.91. The number of carbonyl (C=O) groups excluding carboxylic acids is 1. The van der Waals surface area contributed by atoms with Crippen LogP contribution in [0.25, 0.3) is 0 Å². The number of carbonyl (C=O) groups is 1. The number of nitrogens with zero attached hydrogens (tertiary/aromatic N) is 2. The van der Waals surface area contributed by atoms with Crippen molar-refractivity contribution in [3.63, 3.8) is 0 Å². The van der Waals surface area contributed by atoms with Gasteiger partial charge in [-0.1, -0.05) is 6.07 Å². The van der Waals surface area contributed by atoms with E-state index in [0.29, 0.717) is 5.92 Å². The van der Waals surface area contributed by atoms with Crippen LogP contribution in [-0.4, -0.2) is 34.5 Å². The molecule has 1 fully saturated rings. The molecule has 1 aliphatic heterocycles. The zero-order chi connectivity index (χ0) is 15.5. The lowest BCUT2D eigenvalue weighted by Gasteiger charge is -2.33. The molecule has 22 heavy (non-hydrogen) atoms. The molecule has 1 aliphatic rings. The summed E-state index contributed by atoms with van der Waals surface area (Å²) in [4.78, 5) is 16.0. The van der Waals surface area contributed by atoms with Crippen molar-refractivity contribution in [1.82, 2.24) is 9.47 Å². The Morgan fingerprint density at radius 2 is 2.14 bits per heavy atom. The molecule has 0 aliphatic carbocycles. The van der Waals surface area contributed by atoms with Gasteiger partial charge in [-0.2, -0.15) is 0 Å². The standard InChI is InChI=1S/C17H23N3OS/c1-13(18)14-6-9-19(10-7-14)17(21)16-5-2-8-20(16)12-15-4-3-11-22-15/h2-5,8,11,13-14H,6-7,9-10,12,18H2,1H3. The highest BCUT2D eigenvalue weighted by Gasteiger charge is 2.26. The smallest absolute Gasteiger partial charge is 0.270 e. The fraction of sp³-hybridized carbons (Fsp3) is 0.471. The molecule has 0 spiro atoms. The highest BCUT2D eigenvalue weighted by atomic mass is 32.1. The minimum atomic E-state index is 0.143. The predicted octanol–water partition coefficient (Wildman–Crippen LogP) is 2.80. The van der Waals surface area contributed by atoms with Gasteiger partial charge in [-0.05, 0) is 49.3 Å². The number of nitrogens with two attached hydrogens (primary N) is 1. The van der Waals surface area contributed by atoms with Crippen LogP contribution in [0.3, 0.4) is 0 Å². The first-order chi connectivity index (χ1) is 10.6. The monoisotopic (exact) mass is 317 g/mol. The van der Waals surface area contributed by atoms with Crippen molar-refractivity contribution >= 4 is 17.2 Å². The molecular weight excluding hydrogens is 294 g/mol. The second kappa shape index (κ2) is 6.67. The van der Waals surface area contributed by atoms with Crippen LogP contribution >= 0.6 is 11.3 Å². The van der Waals surface area contributed by atoms with E-state index in [9.17, 15) is 4.79 Å². The molecule has 0 radical (unpaired) electrons. The van der Waals surface area contributed by atoms with Crippen LogP contribution in [0.4, 0.5) is 0 Å². The summed E-state index contributed by atoms with van der Waals surface area (Å²) < 4.78 is 2.05. The number of hydrogen-bond donors (Lipinski definition) is 1. The van der Waals surface area contributed by atoms with Crippen molar-refractivity contribution in [2.45, 2.75) is 32.4 Å². The van der Waals surface area contributed by atoms with Crippen molar-refractivity contribution in [2.75, 3.05) is 13.1 Å². The van der Waals surface area contributed by atoms with Gasteiger partial charge in [0.2, 0.25) is 0 Å². The zero-order valence-electron chi connectivity index (χ0n) is 12.9. The van der Waals surface area contributed by atoms with Crippen molar-refractivity contribution in [3.8, 4) is 0 Å². The Bertz CT molecular complexity index is 610. The Morgan fingerprint density at radius 3 is 2.77 bits per heavy atom. The molecule has 0 bridgehead atoms. The van der Waals surface area contributed by atoms with E-state index in [-0.39, 0.29) is 11.9 Å². The lowest BCUT2D eigenvalue weighted by Crippen LogP contribution is -2.43. The number of aromatic nitrogens is 1. The summed E-state index contributed by atoms with van der Waals surface area (Å²) in [5.74, 6) is 0.687. The molecule has 3 heterocycles. The minimum Gasteiger partial charge on any atom is -0.338 e. The third kappa shape index (κ3) is 3.25. The molecule has 5 heteroatoms.